The highest BCUT2D eigenvalue weighted by molar-refractivity contribution is 5.90. The van der Waals surface area contributed by atoms with Gasteiger partial charge in [-0.2, -0.15) is 0 Å². The molecule has 0 spiro atoms. The first-order valence-corrected chi connectivity index (χ1v) is 8.41. The van der Waals surface area contributed by atoms with Crippen LogP contribution in [0.5, 0.6) is 0 Å². The van der Waals surface area contributed by atoms with E-state index in [4.69, 9.17) is 0 Å². The molecule has 1 aromatic rings. The van der Waals surface area contributed by atoms with Gasteiger partial charge >= 0.3 is 0 Å². The van der Waals surface area contributed by atoms with Gasteiger partial charge < -0.3 is 16.0 Å². The van der Waals surface area contributed by atoms with Crippen LogP contribution in [0.2, 0.25) is 0 Å². The summed E-state index contributed by atoms with van der Waals surface area (Å²) < 4.78 is 0. The average molecular weight is 354 g/mol. The Morgan fingerprint density at radius 3 is 2.54 bits per heavy atom. The van der Waals surface area contributed by atoms with Crippen LogP contribution in [0.25, 0.3) is 0 Å². The Hall–Kier alpha value is -1.59. The molecule has 1 aliphatic heterocycles. The third-order valence-electron chi connectivity index (χ3n) is 4.19. The van der Waals surface area contributed by atoms with Crippen LogP contribution in [0.4, 0.5) is 0 Å². The fourth-order valence-corrected chi connectivity index (χ4v) is 2.79. The minimum atomic E-state index is -0.493. The molecule has 1 heterocycles. The monoisotopic (exact) mass is 353 g/mol. The standard InChI is InChI=1S/C18H27N3O2.ClH/c1-4-9-19-18(23)16(12(2)3)21-17(22)15-10-13-7-5-6-8-14(13)11-20-15;/h5-8,12,15-16,20H,4,9-11H2,1-3H3,(H,19,23)(H,21,22);1H/t15-,16+;/m0./s1. The van der Waals surface area contributed by atoms with Crippen molar-refractivity contribution in [3.63, 3.8) is 0 Å². The zero-order valence-corrected chi connectivity index (χ0v) is 15.4. The number of nitrogens with one attached hydrogen (secondary N) is 3. The Labute approximate surface area is 150 Å². The Morgan fingerprint density at radius 2 is 1.92 bits per heavy atom. The molecule has 0 saturated heterocycles. The van der Waals surface area contributed by atoms with Crippen molar-refractivity contribution < 1.29 is 9.59 Å². The highest BCUT2D eigenvalue weighted by Crippen LogP contribution is 2.16. The first-order valence-electron chi connectivity index (χ1n) is 8.41. The summed E-state index contributed by atoms with van der Waals surface area (Å²) >= 11 is 0. The minimum absolute atomic E-state index is 0. The van der Waals surface area contributed by atoms with Crippen molar-refractivity contribution in [1.29, 1.82) is 0 Å². The lowest BCUT2D eigenvalue weighted by Gasteiger charge is -2.28. The number of hydrogen-bond acceptors (Lipinski definition) is 3. The fourth-order valence-electron chi connectivity index (χ4n) is 2.79. The van der Waals surface area contributed by atoms with Crippen molar-refractivity contribution in [2.75, 3.05) is 6.54 Å². The Balaban J connectivity index is 0.00000288. The number of carbonyl (C=O) groups is 2. The first-order chi connectivity index (χ1) is 11.0. The summed E-state index contributed by atoms with van der Waals surface area (Å²) in [7, 11) is 0. The summed E-state index contributed by atoms with van der Waals surface area (Å²) in [6.45, 7) is 7.21. The molecule has 134 valence electrons. The van der Waals surface area contributed by atoms with Crippen molar-refractivity contribution in [2.45, 2.75) is 52.2 Å². The molecule has 2 rings (SSSR count). The lowest BCUT2D eigenvalue weighted by atomic mass is 9.95. The van der Waals surface area contributed by atoms with Crippen LogP contribution in [0.1, 0.15) is 38.3 Å². The van der Waals surface area contributed by atoms with E-state index in [0.717, 1.165) is 6.42 Å². The van der Waals surface area contributed by atoms with Crippen LogP contribution in [0, 0.1) is 5.92 Å². The quantitative estimate of drug-likeness (QED) is 0.730. The summed E-state index contributed by atoms with van der Waals surface area (Å²) in [5.41, 5.74) is 2.43. The van der Waals surface area contributed by atoms with E-state index >= 15 is 0 Å². The van der Waals surface area contributed by atoms with Crippen LogP contribution >= 0.6 is 12.4 Å². The maximum atomic E-state index is 12.5. The summed E-state index contributed by atoms with van der Waals surface area (Å²) in [5.74, 6) is -0.164. The second-order valence-electron chi connectivity index (χ2n) is 6.43. The third kappa shape index (κ3) is 5.21. The van der Waals surface area contributed by atoms with Gasteiger partial charge in [-0.1, -0.05) is 45.0 Å². The molecule has 0 aromatic heterocycles. The molecule has 0 saturated carbocycles. The lowest BCUT2D eigenvalue weighted by Crippen LogP contribution is -2.56. The minimum Gasteiger partial charge on any atom is -0.354 e. The lowest BCUT2D eigenvalue weighted by molar-refractivity contribution is -0.131. The largest absolute Gasteiger partial charge is 0.354 e. The number of benzene rings is 1. The number of amides is 2. The van der Waals surface area contributed by atoms with E-state index in [1.54, 1.807) is 0 Å². The zero-order valence-electron chi connectivity index (χ0n) is 14.6. The number of carbonyl (C=O) groups excluding carboxylic acids is 2. The normalized spacial score (nSPS) is 17.4. The van der Waals surface area contributed by atoms with E-state index in [1.165, 1.54) is 11.1 Å². The predicted octanol–water partition coefficient (Wildman–Crippen LogP) is 1.79. The van der Waals surface area contributed by atoms with Crippen LogP contribution in [-0.2, 0) is 22.6 Å². The molecular formula is C18H28ClN3O2. The van der Waals surface area contributed by atoms with Crippen molar-refractivity contribution in [3.05, 3.63) is 35.4 Å². The van der Waals surface area contributed by atoms with Crippen LogP contribution < -0.4 is 16.0 Å². The van der Waals surface area contributed by atoms with Gasteiger partial charge in [0.05, 0.1) is 6.04 Å². The van der Waals surface area contributed by atoms with Gasteiger partial charge in [-0.15, -0.1) is 12.4 Å². The SMILES string of the molecule is CCCNC(=O)[C@H](NC(=O)[C@@H]1Cc2ccccc2CN1)C(C)C.Cl. The van der Waals surface area contributed by atoms with Crippen molar-refractivity contribution >= 4 is 24.2 Å². The van der Waals surface area contributed by atoms with Crippen LogP contribution in [0.3, 0.4) is 0 Å². The number of halogens is 1. The molecule has 1 aliphatic rings. The van der Waals surface area contributed by atoms with Gasteiger partial charge in [-0.25, -0.2) is 0 Å². The Bertz CT molecular complexity index is 563. The van der Waals surface area contributed by atoms with Gasteiger partial charge in [0.15, 0.2) is 0 Å². The number of hydrogen-bond donors (Lipinski definition) is 3. The van der Waals surface area contributed by atoms with Gasteiger partial charge in [0.1, 0.15) is 6.04 Å². The van der Waals surface area contributed by atoms with Gasteiger partial charge in [0.25, 0.3) is 0 Å². The number of fused-ring (bicyclic) bond motifs is 1. The van der Waals surface area contributed by atoms with E-state index in [1.807, 2.05) is 32.9 Å². The summed E-state index contributed by atoms with van der Waals surface area (Å²) in [6, 6.07) is 7.36. The van der Waals surface area contributed by atoms with Crippen molar-refractivity contribution in [1.82, 2.24) is 16.0 Å². The zero-order chi connectivity index (χ0) is 16.8. The second-order valence-corrected chi connectivity index (χ2v) is 6.43. The summed E-state index contributed by atoms with van der Waals surface area (Å²) in [5, 5.41) is 9.03. The Morgan fingerprint density at radius 1 is 1.25 bits per heavy atom. The molecule has 0 unspecified atom stereocenters. The van der Waals surface area contributed by atoms with E-state index in [0.29, 0.717) is 19.5 Å². The number of rotatable bonds is 6. The van der Waals surface area contributed by atoms with Gasteiger partial charge in [-0.3, -0.25) is 9.59 Å². The molecule has 2 amide bonds. The summed E-state index contributed by atoms with van der Waals surface area (Å²) in [4.78, 5) is 24.8. The molecule has 0 aliphatic carbocycles. The highest BCUT2D eigenvalue weighted by atomic mass is 35.5. The molecular weight excluding hydrogens is 326 g/mol. The molecule has 3 N–H and O–H groups in total. The van der Waals surface area contributed by atoms with Crippen LogP contribution in [-0.4, -0.2) is 30.4 Å². The van der Waals surface area contributed by atoms with Crippen molar-refractivity contribution in [3.8, 4) is 0 Å². The predicted molar refractivity (Wildman–Crippen MR) is 98.1 cm³/mol. The van der Waals surface area contributed by atoms with E-state index in [2.05, 4.69) is 28.1 Å². The topological polar surface area (TPSA) is 70.2 Å². The Kier molecular flexibility index (Phi) is 8.22. The smallest absolute Gasteiger partial charge is 0.242 e. The third-order valence-corrected chi connectivity index (χ3v) is 4.19. The van der Waals surface area contributed by atoms with Crippen molar-refractivity contribution in [2.24, 2.45) is 5.92 Å². The molecule has 0 fully saturated rings. The van der Waals surface area contributed by atoms with Crippen LogP contribution in [0.15, 0.2) is 24.3 Å². The van der Waals surface area contributed by atoms with Gasteiger partial charge in [0, 0.05) is 13.1 Å². The first kappa shape index (κ1) is 20.5. The molecule has 24 heavy (non-hydrogen) atoms. The summed E-state index contributed by atoms with van der Waals surface area (Å²) in [6.07, 6.45) is 1.54. The fraction of sp³-hybridized carbons (Fsp3) is 0.556. The van der Waals surface area contributed by atoms with E-state index in [-0.39, 0.29) is 36.2 Å². The van der Waals surface area contributed by atoms with Gasteiger partial charge in [0.2, 0.25) is 11.8 Å². The van der Waals surface area contributed by atoms with Gasteiger partial charge in [-0.05, 0) is 29.9 Å². The molecule has 6 heteroatoms. The average Bonchev–Trinajstić information content (AvgIpc) is 2.56. The van der Waals surface area contributed by atoms with E-state index < -0.39 is 6.04 Å². The molecule has 2 atom stereocenters. The maximum Gasteiger partial charge on any atom is 0.242 e. The molecule has 0 bridgehead atoms. The maximum absolute atomic E-state index is 12.5. The molecule has 1 aromatic carbocycles. The molecule has 0 radical (unpaired) electrons. The second kappa shape index (κ2) is 9.64. The van der Waals surface area contributed by atoms with E-state index in [9.17, 15) is 9.59 Å². The molecule has 5 nitrogen and oxygen atoms in total. The highest BCUT2D eigenvalue weighted by Gasteiger charge is 2.29.